The number of nitrogens with two attached hydrogens (primary N) is 1. The first-order valence-corrected chi connectivity index (χ1v) is 6.70. The molecule has 0 aliphatic rings. The number of thiophene rings is 1. The van der Waals surface area contributed by atoms with Crippen molar-refractivity contribution in [3.8, 4) is 0 Å². The third-order valence-electron chi connectivity index (χ3n) is 2.93. The number of rotatable bonds is 4. The standard InChI is InChI=1S/C13H12F4N2S/c14-12-9(2-1-3-10(12)13(15,16)17)11(19-18)6-8-4-5-20-7-8/h1-5,7,11,19H,6,18H2. The monoisotopic (exact) mass is 304 g/mol. The van der Waals surface area contributed by atoms with E-state index >= 15 is 0 Å². The Bertz CT molecular complexity index is 566. The minimum Gasteiger partial charge on any atom is -0.271 e. The molecule has 1 unspecified atom stereocenters. The fourth-order valence-corrected chi connectivity index (χ4v) is 2.62. The van der Waals surface area contributed by atoms with Gasteiger partial charge in [-0.25, -0.2) is 4.39 Å². The van der Waals surface area contributed by atoms with E-state index in [0.717, 1.165) is 11.6 Å². The first kappa shape index (κ1) is 15.0. The second-order valence-electron chi connectivity index (χ2n) is 4.26. The summed E-state index contributed by atoms with van der Waals surface area (Å²) < 4.78 is 52.1. The lowest BCUT2D eigenvalue weighted by Gasteiger charge is -2.18. The van der Waals surface area contributed by atoms with Crippen LogP contribution >= 0.6 is 11.3 Å². The lowest BCUT2D eigenvalue weighted by atomic mass is 9.98. The van der Waals surface area contributed by atoms with Crippen LogP contribution in [0.3, 0.4) is 0 Å². The van der Waals surface area contributed by atoms with Crippen molar-refractivity contribution >= 4 is 11.3 Å². The van der Waals surface area contributed by atoms with Crippen LogP contribution in [0.25, 0.3) is 0 Å². The van der Waals surface area contributed by atoms with E-state index in [2.05, 4.69) is 5.43 Å². The van der Waals surface area contributed by atoms with Crippen LogP contribution in [0.1, 0.15) is 22.7 Å². The molecule has 0 aliphatic carbocycles. The maximum Gasteiger partial charge on any atom is 0.419 e. The summed E-state index contributed by atoms with van der Waals surface area (Å²) in [6, 6.07) is 4.31. The lowest BCUT2D eigenvalue weighted by molar-refractivity contribution is -0.140. The SMILES string of the molecule is NNC(Cc1ccsc1)c1cccc(C(F)(F)F)c1F. The van der Waals surface area contributed by atoms with E-state index in [1.807, 2.05) is 16.8 Å². The molecule has 20 heavy (non-hydrogen) atoms. The highest BCUT2D eigenvalue weighted by atomic mass is 32.1. The molecule has 1 atom stereocenters. The number of benzene rings is 1. The second-order valence-corrected chi connectivity index (χ2v) is 5.04. The van der Waals surface area contributed by atoms with E-state index in [0.29, 0.717) is 6.42 Å². The van der Waals surface area contributed by atoms with Gasteiger partial charge in [-0.2, -0.15) is 24.5 Å². The summed E-state index contributed by atoms with van der Waals surface area (Å²) in [5.41, 5.74) is 1.89. The van der Waals surface area contributed by atoms with Crippen LogP contribution < -0.4 is 11.3 Å². The number of hydrogen-bond donors (Lipinski definition) is 2. The zero-order valence-corrected chi connectivity index (χ0v) is 11.1. The summed E-state index contributed by atoms with van der Waals surface area (Å²) in [4.78, 5) is 0. The molecule has 2 aromatic rings. The van der Waals surface area contributed by atoms with Gasteiger partial charge in [0.2, 0.25) is 0 Å². The van der Waals surface area contributed by atoms with E-state index in [1.54, 1.807) is 0 Å². The van der Waals surface area contributed by atoms with Gasteiger partial charge < -0.3 is 0 Å². The predicted molar refractivity (Wildman–Crippen MR) is 69.5 cm³/mol. The van der Waals surface area contributed by atoms with Gasteiger partial charge in [-0.05, 0) is 34.9 Å². The van der Waals surface area contributed by atoms with E-state index in [-0.39, 0.29) is 5.56 Å². The van der Waals surface area contributed by atoms with Crippen LogP contribution in [-0.2, 0) is 12.6 Å². The molecule has 0 radical (unpaired) electrons. The van der Waals surface area contributed by atoms with Crippen molar-refractivity contribution in [3.63, 3.8) is 0 Å². The van der Waals surface area contributed by atoms with Crippen LogP contribution in [0.15, 0.2) is 35.0 Å². The Morgan fingerprint density at radius 2 is 2.00 bits per heavy atom. The molecule has 0 aliphatic heterocycles. The van der Waals surface area contributed by atoms with Crippen molar-refractivity contribution in [1.29, 1.82) is 0 Å². The van der Waals surface area contributed by atoms with Gasteiger partial charge in [-0.1, -0.05) is 12.1 Å². The van der Waals surface area contributed by atoms with E-state index < -0.39 is 23.6 Å². The van der Waals surface area contributed by atoms with Crippen molar-refractivity contribution in [3.05, 3.63) is 57.5 Å². The molecule has 2 nitrogen and oxygen atoms in total. The number of hydrogen-bond acceptors (Lipinski definition) is 3. The summed E-state index contributed by atoms with van der Waals surface area (Å²) in [5, 5.41) is 3.68. The topological polar surface area (TPSA) is 38.0 Å². The number of nitrogens with one attached hydrogen (secondary N) is 1. The Morgan fingerprint density at radius 1 is 1.25 bits per heavy atom. The minimum atomic E-state index is -4.72. The van der Waals surface area contributed by atoms with Crippen LogP contribution in [0.5, 0.6) is 0 Å². The van der Waals surface area contributed by atoms with Gasteiger partial charge in [-0.15, -0.1) is 0 Å². The molecule has 1 aromatic carbocycles. The van der Waals surface area contributed by atoms with Crippen LogP contribution in [0.2, 0.25) is 0 Å². The fraction of sp³-hybridized carbons (Fsp3) is 0.231. The summed E-state index contributed by atoms with van der Waals surface area (Å²) in [7, 11) is 0. The molecule has 0 bridgehead atoms. The molecule has 0 fully saturated rings. The quantitative estimate of drug-likeness (QED) is 0.514. The molecule has 0 amide bonds. The van der Waals surface area contributed by atoms with E-state index in [1.165, 1.54) is 23.5 Å². The number of alkyl halides is 3. The Balaban J connectivity index is 2.35. The van der Waals surface area contributed by atoms with Crippen molar-refractivity contribution in [2.45, 2.75) is 18.6 Å². The zero-order chi connectivity index (χ0) is 14.8. The number of hydrazine groups is 1. The minimum absolute atomic E-state index is 0.0893. The van der Waals surface area contributed by atoms with Crippen LogP contribution in [0, 0.1) is 5.82 Å². The highest BCUT2D eigenvalue weighted by Gasteiger charge is 2.35. The molecule has 3 N–H and O–H groups in total. The Labute approximate surface area is 117 Å². The van der Waals surface area contributed by atoms with Gasteiger partial charge in [-0.3, -0.25) is 11.3 Å². The lowest BCUT2D eigenvalue weighted by Crippen LogP contribution is -2.30. The van der Waals surface area contributed by atoms with Crippen molar-refractivity contribution in [2.24, 2.45) is 5.84 Å². The fourth-order valence-electron chi connectivity index (χ4n) is 1.94. The van der Waals surface area contributed by atoms with Gasteiger partial charge >= 0.3 is 6.18 Å². The maximum atomic E-state index is 14.0. The Kier molecular flexibility index (Phi) is 4.42. The first-order chi connectivity index (χ1) is 9.43. The largest absolute Gasteiger partial charge is 0.419 e. The Morgan fingerprint density at radius 3 is 2.55 bits per heavy atom. The van der Waals surface area contributed by atoms with Gasteiger partial charge in [0.1, 0.15) is 5.82 Å². The van der Waals surface area contributed by atoms with Gasteiger partial charge in [0.05, 0.1) is 11.6 Å². The third kappa shape index (κ3) is 3.17. The third-order valence-corrected chi connectivity index (χ3v) is 3.66. The maximum absolute atomic E-state index is 14.0. The molecule has 2 rings (SSSR count). The van der Waals surface area contributed by atoms with Crippen molar-refractivity contribution in [1.82, 2.24) is 5.43 Å². The normalized spacial score (nSPS) is 13.4. The molecule has 1 heterocycles. The molecule has 108 valence electrons. The smallest absolute Gasteiger partial charge is 0.271 e. The van der Waals surface area contributed by atoms with E-state index in [9.17, 15) is 17.6 Å². The second kappa shape index (κ2) is 5.90. The van der Waals surface area contributed by atoms with Gasteiger partial charge in [0.15, 0.2) is 0 Å². The highest BCUT2D eigenvalue weighted by Crippen LogP contribution is 2.34. The first-order valence-electron chi connectivity index (χ1n) is 5.76. The van der Waals surface area contributed by atoms with Crippen LogP contribution in [-0.4, -0.2) is 0 Å². The summed E-state index contributed by atoms with van der Waals surface area (Å²) in [6.45, 7) is 0. The van der Waals surface area contributed by atoms with E-state index in [4.69, 9.17) is 5.84 Å². The molecular formula is C13H12F4N2S. The molecule has 0 spiro atoms. The zero-order valence-electron chi connectivity index (χ0n) is 10.2. The molecular weight excluding hydrogens is 292 g/mol. The summed E-state index contributed by atoms with van der Waals surface area (Å²) in [5.74, 6) is 4.08. The molecule has 7 heteroatoms. The van der Waals surface area contributed by atoms with Gasteiger partial charge in [0.25, 0.3) is 0 Å². The molecule has 1 aromatic heterocycles. The van der Waals surface area contributed by atoms with Crippen LogP contribution in [0.4, 0.5) is 17.6 Å². The highest BCUT2D eigenvalue weighted by molar-refractivity contribution is 7.07. The summed E-state index contributed by atoms with van der Waals surface area (Å²) >= 11 is 1.46. The molecule has 0 saturated carbocycles. The number of halogens is 4. The average Bonchev–Trinajstić information content (AvgIpc) is 2.88. The average molecular weight is 304 g/mol. The predicted octanol–water partition coefficient (Wildman–Crippen LogP) is 3.65. The van der Waals surface area contributed by atoms with Gasteiger partial charge in [0, 0.05) is 5.56 Å². The Hall–Kier alpha value is -1.44. The van der Waals surface area contributed by atoms with Crippen molar-refractivity contribution < 1.29 is 17.6 Å². The molecule has 0 saturated heterocycles. The van der Waals surface area contributed by atoms with Crippen molar-refractivity contribution in [2.75, 3.05) is 0 Å². The summed E-state index contributed by atoms with van der Waals surface area (Å²) in [6.07, 6.45) is -4.40.